The lowest BCUT2D eigenvalue weighted by atomic mass is 10.1. The fourth-order valence-electron chi connectivity index (χ4n) is 3.74. The lowest BCUT2D eigenvalue weighted by molar-refractivity contribution is -0.120. The molecule has 1 saturated carbocycles. The average Bonchev–Trinajstić information content (AvgIpc) is 3.50. The fraction of sp³-hybridized carbons (Fsp3) is 0.381. The molecule has 2 aliphatic rings. The van der Waals surface area contributed by atoms with Gasteiger partial charge in [0.2, 0.25) is 21.8 Å². The molecular weight excluding hydrogens is 404 g/mol. The molecule has 8 nitrogen and oxygen atoms in total. The first kappa shape index (κ1) is 20.5. The zero-order valence-electron chi connectivity index (χ0n) is 16.9. The number of hydrogen-bond acceptors (Lipinski definition) is 5. The quantitative estimate of drug-likeness (QED) is 0.759. The highest BCUT2D eigenvalue weighted by Crippen LogP contribution is 2.39. The van der Waals surface area contributed by atoms with E-state index in [0.717, 1.165) is 28.4 Å². The largest absolute Gasteiger partial charge is 0.324 e. The number of nitrogens with one attached hydrogen (secondary N) is 1. The molecule has 9 heteroatoms. The van der Waals surface area contributed by atoms with Gasteiger partial charge in [0.05, 0.1) is 23.3 Å². The Morgan fingerprint density at radius 3 is 2.70 bits per heavy atom. The van der Waals surface area contributed by atoms with Crippen LogP contribution < -0.4 is 10.2 Å². The number of aromatic nitrogens is 1. The predicted molar refractivity (Wildman–Crippen MR) is 113 cm³/mol. The van der Waals surface area contributed by atoms with Crippen LogP contribution in [0.5, 0.6) is 0 Å². The lowest BCUT2D eigenvalue weighted by Gasteiger charge is -2.23. The van der Waals surface area contributed by atoms with Crippen LogP contribution >= 0.6 is 0 Å². The van der Waals surface area contributed by atoms with Crippen LogP contribution in [0.1, 0.15) is 25.3 Å². The van der Waals surface area contributed by atoms with Gasteiger partial charge in [0.1, 0.15) is 0 Å². The second-order valence-corrected chi connectivity index (χ2v) is 9.92. The summed E-state index contributed by atoms with van der Waals surface area (Å²) >= 11 is 0. The van der Waals surface area contributed by atoms with Gasteiger partial charge in [-0.15, -0.1) is 0 Å². The normalized spacial score (nSPS) is 18.4. The Hall–Kier alpha value is -2.78. The second kappa shape index (κ2) is 7.81. The van der Waals surface area contributed by atoms with E-state index >= 15 is 0 Å². The van der Waals surface area contributed by atoms with Gasteiger partial charge in [-0.05, 0) is 62.1 Å². The van der Waals surface area contributed by atoms with E-state index in [1.54, 1.807) is 35.4 Å². The smallest absolute Gasteiger partial charge is 0.243 e. The lowest BCUT2D eigenvalue weighted by Crippen LogP contribution is -2.36. The Kier molecular flexibility index (Phi) is 5.33. The van der Waals surface area contributed by atoms with Gasteiger partial charge in [-0.1, -0.05) is 0 Å². The first-order valence-electron chi connectivity index (χ1n) is 9.89. The predicted octanol–water partition coefficient (Wildman–Crippen LogP) is 2.03. The van der Waals surface area contributed by atoms with Crippen molar-refractivity contribution in [2.24, 2.45) is 5.92 Å². The number of amides is 2. The topological polar surface area (TPSA) is 99.7 Å². The van der Waals surface area contributed by atoms with Crippen molar-refractivity contribution < 1.29 is 18.0 Å². The van der Waals surface area contributed by atoms with Gasteiger partial charge in [-0.2, -0.15) is 4.31 Å². The van der Waals surface area contributed by atoms with Crippen molar-refractivity contribution in [3.63, 3.8) is 0 Å². The number of carbonyl (C=O) groups excluding carboxylic acids is 2. The Bertz CT molecular complexity index is 1080. The molecule has 0 spiro atoms. The van der Waals surface area contributed by atoms with Gasteiger partial charge in [-0.3, -0.25) is 14.6 Å². The maximum Gasteiger partial charge on any atom is 0.243 e. The van der Waals surface area contributed by atoms with E-state index in [1.165, 1.54) is 19.3 Å². The monoisotopic (exact) mass is 428 g/mol. The summed E-state index contributed by atoms with van der Waals surface area (Å²) in [6.45, 7) is 1.65. The van der Waals surface area contributed by atoms with Crippen LogP contribution in [0.2, 0.25) is 0 Å². The molecule has 0 saturated heterocycles. The standard InChI is InChI=1S/C21H24N4O4S/c1-14-10-16-11-18(7-8-19(16)25(14)21(27)15-5-6-15)30(28,29)24(2)13-20(26)23-17-4-3-9-22-12-17/h3-4,7-9,11-12,14-15H,5-6,10,13H2,1-2H3,(H,23,26)/t14-/m1/s1. The molecule has 4 rings (SSSR count). The zero-order valence-corrected chi connectivity index (χ0v) is 17.7. The number of hydrogen-bond donors (Lipinski definition) is 1. The van der Waals surface area contributed by atoms with Crippen LogP contribution in [0.3, 0.4) is 0 Å². The minimum atomic E-state index is -3.85. The third-order valence-electron chi connectivity index (χ3n) is 5.45. The van der Waals surface area contributed by atoms with E-state index < -0.39 is 15.9 Å². The van der Waals surface area contributed by atoms with E-state index in [0.29, 0.717) is 12.1 Å². The van der Waals surface area contributed by atoms with Gasteiger partial charge in [0, 0.05) is 30.9 Å². The third kappa shape index (κ3) is 3.95. The first-order chi connectivity index (χ1) is 14.3. The van der Waals surface area contributed by atoms with Crippen molar-refractivity contribution in [2.45, 2.75) is 37.1 Å². The highest BCUT2D eigenvalue weighted by atomic mass is 32.2. The van der Waals surface area contributed by atoms with Crippen molar-refractivity contribution in [3.8, 4) is 0 Å². The van der Waals surface area contributed by atoms with Gasteiger partial charge in [0.15, 0.2) is 0 Å². The van der Waals surface area contributed by atoms with Crippen molar-refractivity contribution in [1.82, 2.24) is 9.29 Å². The van der Waals surface area contributed by atoms with Crippen LogP contribution in [0.15, 0.2) is 47.6 Å². The van der Waals surface area contributed by atoms with E-state index in [9.17, 15) is 18.0 Å². The molecule has 1 aromatic heterocycles. The molecule has 1 aliphatic heterocycles. The van der Waals surface area contributed by atoms with E-state index in [-0.39, 0.29) is 29.3 Å². The van der Waals surface area contributed by atoms with Gasteiger partial charge in [-0.25, -0.2) is 8.42 Å². The van der Waals surface area contributed by atoms with E-state index in [2.05, 4.69) is 10.3 Å². The minimum Gasteiger partial charge on any atom is -0.324 e. The Morgan fingerprint density at radius 1 is 1.27 bits per heavy atom. The number of rotatable bonds is 6. The Balaban J connectivity index is 1.49. The summed E-state index contributed by atoms with van der Waals surface area (Å²) in [6.07, 6.45) is 5.54. The first-order valence-corrected chi connectivity index (χ1v) is 11.3. The number of sulfonamides is 1. The summed E-state index contributed by atoms with van der Waals surface area (Å²) in [5, 5.41) is 2.63. The number of anilines is 2. The van der Waals surface area contributed by atoms with Gasteiger partial charge in [0.25, 0.3) is 0 Å². The van der Waals surface area contributed by atoms with Crippen LogP contribution in [-0.2, 0) is 26.0 Å². The van der Waals surface area contributed by atoms with Crippen LogP contribution in [0.25, 0.3) is 0 Å². The number of carbonyl (C=O) groups is 2. The Morgan fingerprint density at radius 2 is 2.03 bits per heavy atom. The van der Waals surface area contributed by atoms with Crippen molar-refractivity contribution in [3.05, 3.63) is 48.3 Å². The number of likely N-dealkylation sites (N-methyl/N-ethyl adjacent to an activating group) is 1. The van der Waals surface area contributed by atoms with Gasteiger partial charge >= 0.3 is 0 Å². The van der Waals surface area contributed by atoms with E-state index in [1.807, 2.05) is 6.92 Å². The Labute approximate surface area is 175 Å². The molecule has 0 unspecified atom stereocenters. The molecule has 0 radical (unpaired) electrons. The molecule has 2 heterocycles. The van der Waals surface area contributed by atoms with Crippen LogP contribution in [0, 0.1) is 5.92 Å². The summed E-state index contributed by atoms with van der Waals surface area (Å²) in [6, 6.07) is 8.20. The number of benzene rings is 1. The summed E-state index contributed by atoms with van der Waals surface area (Å²) in [5.41, 5.74) is 2.13. The molecule has 2 amide bonds. The number of nitrogens with zero attached hydrogens (tertiary/aromatic N) is 3. The highest BCUT2D eigenvalue weighted by Gasteiger charge is 2.40. The number of pyridine rings is 1. The fourth-order valence-corrected chi connectivity index (χ4v) is 4.91. The summed E-state index contributed by atoms with van der Waals surface area (Å²) in [5.74, 6) is -0.225. The van der Waals surface area contributed by atoms with Crippen LogP contribution in [-0.4, -0.2) is 49.2 Å². The van der Waals surface area contributed by atoms with Crippen molar-refractivity contribution in [2.75, 3.05) is 23.8 Å². The highest BCUT2D eigenvalue weighted by molar-refractivity contribution is 7.89. The minimum absolute atomic E-state index is 0.00837. The third-order valence-corrected chi connectivity index (χ3v) is 7.25. The van der Waals surface area contributed by atoms with Gasteiger partial charge < -0.3 is 10.2 Å². The molecule has 158 valence electrons. The molecule has 2 aromatic rings. The zero-order chi connectivity index (χ0) is 21.5. The average molecular weight is 429 g/mol. The molecule has 0 bridgehead atoms. The molecule has 30 heavy (non-hydrogen) atoms. The number of fused-ring (bicyclic) bond motifs is 1. The summed E-state index contributed by atoms with van der Waals surface area (Å²) in [4.78, 5) is 30.7. The van der Waals surface area contributed by atoms with Crippen molar-refractivity contribution >= 4 is 33.2 Å². The molecular formula is C21H24N4O4S. The van der Waals surface area contributed by atoms with Crippen molar-refractivity contribution in [1.29, 1.82) is 0 Å². The molecule has 1 aliphatic carbocycles. The molecule has 1 N–H and O–H groups in total. The van der Waals surface area contributed by atoms with E-state index in [4.69, 9.17) is 0 Å². The maximum atomic E-state index is 13.0. The summed E-state index contributed by atoms with van der Waals surface area (Å²) < 4.78 is 27.0. The SMILES string of the molecule is C[C@@H]1Cc2cc(S(=O)(=O)N(C)CC(=O)Nc3cccnc3)ccc2N1C(=O)C1CC1. The molecule has 1 atom stereocenters. The molecule has 1 aromatic carbocycles. The van der Waals surface area contributed by atoms with Crippen LogP contribution in [0.4, 0.5) is 11.4 Å². The maximum absolute atomic E-state index is 13.0. The summed E-state index contributed by atoms with van der Waals surface area (Å²) in [7, 11) is -2.48. The molecule has 1 fully saturated rings. The second-order valence-electron chi connectivity index (χ2n) is 7.88.